The molecule has 98 valence electrons. The molecule has 0 bridgehead atoms. The van der Waals surface area contributed by atoms with Gasteiger partial charge in [-0.15, -0.1) is 0 Å². The van der Waals surface area contributed by atoms with Crippen LogP contribution in [-0.2, 0) is 0 Å². The lowest BCUT2D eigenvalue weighted by Crippen LogP contribution is -2.13. The second-order valence-electron chi connectivity index (χ2n) is 4.14. The fraction of sp³-hybridized carbons (Fsp3) is 0.0714. The normalized spacial score (nSPS) is 10.3. The van der Waals surface area contributed by atoms with Gasteiger partial charge < -0.3 is 11.1 Å². The van der Waals surface area contributed by atoms with Crippen LogP contribution in [0.1, 0.15) is 15.9 Å². The van der Waals surface area contributed by atoms with Crippen LogP contribution < -0.4 is 11.1 Å². The van der Waals surface area contributed by atoms with Crippen molar-refractivity contribution in [1.29, 1.82) is 0 Å². The first-order valence-electron chi connectivity index (χ1n) is 5.60. The Kier molecular flexibility index (Phi) is 4.67. The van der Waals surface area contributed by atoms with Gasteiger partial charge in [0.05, 0.1) is 11.3 Å². The van der Waals surface area contributed by atoms with Crippen LogP contribution in [0.3, 0.4) is 0 Å². The summed E-state index contributed by atoms with van der Waals surface area (Å²) in [5.41, 5.74) is 8.76. The van der Waals surface area contributed by atoms with Crippen LogP contribution in [0.2, 0.25) is 0 Å². The lowest BCUT2D eigenvalue weighted by Gasteiger charge is -2.13. The van der Waals surface area contributed by atoms with Gasteiger partial charge in [0, 0.05) is 12.8 Å². The third kappa shape index (κ3) is 3.59. The van der Waals surface area contributed by atoms with Crippen molar-refractivity contribution in [3.63, 3.8) is 0 Å². The van der Waals surface area contributed by atoms with E-state index in [0.717, 1.165) is 20.5 Å². The monoisotopic (exact) mass is 478 g/mol. The minimum atomic E-state index is -0.427. The average Bonchev–Trinajstić information content (AvgIpc) is 2.34. The van der Waals surface area contributed by atoms with Gasteiger partial charge in [-0.1, -0.05) is 0 Å². The summed E-state index contributed by atoms with van der Waals surface area (Å²) in [6, 6.07) is 11.7. The molecule has 0 saturated heterocycles. The maximum absolute atomic E-state index is 11.5. The zero-order valence-electron chi connectivity index (χ0n) is 10.2. The number of rotatable bonds is 3. The molecule has 19 heavy (non-hydrogen) atoms. The van der Waals surface area contributed by atoms with Gasteiger partial charge in [0.15, 0.2) is 0 Å². The van der Waals surface area contributed by atoms with E-state index in [1.54, 1.807) is 6.07 Å². The first-order valence-corrected chi connectivity index (χ1v) is 7.75. The first kappa shape index (κ1) is 14.6. The Bertz CT molecular complexity index is 641. The smallest absolute Gasteiger partial charge is 0.250 e. The van der Waals surface area contributed by atoms with E-state index in [0.29, 0.717) is 5.56 Å². The summed E-state index contributed by atoms with van der Waals surface area (Å²) in [5, 5.41) is 3.27. The largest absolute Gasteiger partial charge is 0.366 e. The molecule has 0 saturated carbocycles. The molecule has 0 unspecified atom stereocenters. The molecular weight excluding hydrogens is 466 g/mol. The van der Waals surface area contributed by atoms with Crippen LogP contribution in [0, 0.1) is 14.1 Å². The fourth-order valence-electron chi connectivity index (χ4n) is 1.74. The first-order chi connectivity index (χ1) is 8.97. The third-order valence-corrected chi connectivity index (χ3v) is 4.05. The number of benzene rings is 2. The van der Waals surface area contributed by atoms with Gasteiger partial charge in [-0.05, 0) is 94.1 Å². The van der Waals surface area contributed by atoms with E-state index in [-0.39, 0.29) is 0 Å². The lowest BCUT2D eigenvalue weighted by molar-refractivity contribution is 0.100. The average molecular weight is 478 g/mol. The van der Waals surface area contributed by atoms with Crippen LogP contribution in [0.25, 0.3) is 0 Å². The van der Waals surface area contributed by atoms with Crippen LogP contribution in [0.5, 0.6) is 0 Å². The molecular formula is C14H12I2N2O. The molecule has 0 spiro atoms. The Morgan fingerprint density at radius 3 is 2.21 bits per heavy atom. The Morgan fingerprint density at radius 1 is 1.05 bits per heavy atom. The van der Waals surface area contributed by atoms with E-state index in [2.05, 4.69) is 56.6 Å². The summed E-state index contributed by atoms with van der Waals surface area (Å²) in [6.45, 7) is 2.03. The molecule has 1 amide bonds. The van der Waals surface area contributed by atoms with Gasteiger partial charge in [-0.3, -0.25) is 4.79 Å². The van der Waals surface area contributed by atoms with E-state index in [4.69, 9.17) is 5.73 Å². The number of aryl methyl sites for hydroxylation is 1. The molecule has 0 heterocycles. The number of nitrogens with one attached hydrogen (secondary N) is 1. The Hall–Kier alpha value is -0.830. The highest BCUT2D eigenvalue weighted by Crippen LogP contribution is 2.25. The van der Waals surface area contributed by atoms with Gasteiger partial charge >= 0.3 is 0 Å². The molecule has 0 radical (unpaired) electrons. The number of carbonyl (C=O) groups is 1. The van der Waals surface area contributed by atoms with Crippen LogP contribution in [0.4, 0.5) is 11.4 Å². The van der Waals surface area contributed by atoms with Crippen molar-refractivity contribution in [2.45, 2.75) is 6.92 Å². The quantitative estimate of drug-likeness (QED) is 0.655. The summed E-state index contributed by atoms with van der Waals surface area (Å²) in [7, 11) is 0. The van der Waals surface area contributed by atoms with Crippen LogP contribution in [0.15, 0.2) is 36.4 Å². The van der Waals surface area contributed by atoms with E-state index in [1.165, 1.54) is 3.57 Å². The number of carbonyl (C=O) groups excluding carboxylic acids is 1. The second-order valence-corrected chi connectivity index (χ2v) is 6.63. The Balaban J connectivity index is 2.40. The van der Waals surface area contributed by atoms with E-state index in [1.807, 2.05) is 31.2 Å². The summed E-state index contributed by atoms with van der Waals surface area (Å²) >= 11 is 4.43. The highest BCUT2D eigenvalue weighted by molar-refractivity contribution is 14.1. The summed E-state index contributed by atoms with van der Waals surface area (Å²) < 4.78 is 2.16. The van der Waals surface area contributed by atoms with E-state index < -0.39 is 5.91 Å². The minimum absolute atomic E-state index is 0.427. The molecule has 0 fully saturated rings. The lowest BCUT2D eigenvalue weighted by atomic mass is 10.1. The van der Waals surface area contributed by atoms with Gasteiger partial charge in [-0.2, -0.15) is 0 Å². The van der Waals surface area contributed by atoms with E-state index >= 15 is 0 Å². The zero-order valence-corrected chi connectivity index (χ0v) is 14.5. The zero-order chi connectivity index (χ0) is 14.0. The van der Waals surface area contributed by atoms with Gasteiger partial charge in [-0.25, -0.2) is 0 Å². The standard InChI is InChI=1S/C14H12I2N2O/c1-8-6-9(15)2-4-12(8)18-13-5-3-10(16)7-11(13)14(17)19/h2-7,18H,1H3,(H2,17,19). The Labute approximate surface area is 139 Å². The molecule has 0 aliphatic rings. The molecule has 0 aromatic heterocycles. The van der Waals surface area contributed by atoms with Crippen molar-refractivity contribution < 1.29 is 4.79 Å². The molecule has 0 aliphatic heterocycles. The maximum Gasteiger partial charge on any atom is 0.250 e. The SMILES string of the molecule is Cc1cc(I)ccc1Nc1ccc(I)cc1C(N)=O. The highest BCUT2D eigenvalue weighted by atomic mass is 127. The number of amides is 1. The minimum Gasteiger partial charge on any atom is -0.366 e. The topological polar surface area (TPSA) is 55.1 Å². The highest BCUT2D eigenvalue weighted by Gasteiger charge is 2.10. The second kappa shape index (κ2) is 6.08. The van der Waals surface area contributed by atoms with Crippen molar-refractivity contribution in [3.8, 4) is 0 Å². The van der Waals surface area contributed by atoms with Crippen molar-refractivity contribution in [1.82, 2.24) is 0 Å². The van der Waals surface area contributed by atoms with Crippen LogP contribution in [-0.4, -0.2) is 5.91 Å². The van der Waals surface area contributed by atoms with Crippen molar-refractivity contribution in [3.05, 3.63) is 54.7 Å². The molecule has 3 nitrogen and oxygen atoms in total. The maximum atomic E-state index is 11.5. The van der Waals surface area contributed by atoms with Crippen molar-refractivity contribution in [2.75, 3.05) is 5.32 Å². The molecule has 2 aromatic rings. The van der Waals surface area contributed by atoms with E-state index in [9.17, 15) is 4.79 Å². The Morgan fingerprint density at radius 2 is 1.63 bits per heavy atom. The predicted molar refractivity (Wildman–Crippen MR) is 94.9 cm³/mol. The van der Waals surface area contributed by atoms with Gasteiger partial charge in [0.2, 0.25) is 0 Å². The molecule has 0 aliphatic carbocycles. The van der Waals surface area contributed by atoms with Crippen molar-refractivity contribution >= 4 is 62.5 Å². The summed E-state index contributed by atoms with van der Waals surface area (Å²) in [5.74, 6) is -0.427. The molecule has 5 heteroatoms. The summed E-state index contributed by atoms with van der Waals surface area (Å²) in [4.78, 5) is 11.5. The number of nitrogens with two attached hydrogens (primary N) is 1. The number of primary amides is 1. The number of hydrogen-bond donors (Lipinski definition) is 2. The van der Waals surface area contributed by atoms with Crippen LogP contribution >= 0.6 is 45.2 Å². The molecule has 3 N–H and O–H groups in total. The molecule has 0 atom stereocenters. The van der Waals surface area contributed by atoms with Crippen molar-refractivity contribution in [2.24, 2.45) is 5.73 Å². The predicted octanol–water partition coefficient (Wildman–Crippen LogP) is 4.05. The van der Waals surface area contributed by atoms with Gasteiger partial charge in [0.25, 0.3) is 5.91 Å². The number of anilines is 2. The molecule has 2 aromatic carbocycles. The van der Waals surface area contributed by atoms with Gasteiger partial charge in [0.1, 0.15) is 0 Å². The number of hydrogen-bond acceptors (Lipinski definition) is 2. The third-order valence-electron chi connectivity index (χ3n) is 2.70. The fourth-order valence-corrected chi connectivity index (χ4v) is 2.88. The summed E-state index contributed by atoms with van der Waals surface area (Å²) in [6.07, 6.45) is 0. The number of halogens is 2. The molecule has 2 rings (SSSR count).